The Balaban J connectivity index is 1.34. The molecule has 0 unspecified atom stereocenters. The zero-order valence-corrected chi connectivity index (χ0v) is 21.2. The SMILES string of the molecule is CNC(=O)c1ccc(CN(C(=O)CCc2ccc(S(=O)(=O)N3CCCCCC3)cc2)C2CC2)cc1. The molecule has 2 aromatic rings. The highest BCUT2D eigenvalue weighted by atomic mass is 32.2. The summed E-state index contributed by atoms with van der Waals surface area (Å²) < 4.78 is 27.6. The Hall–Kier alpha value is -2.71. The van der Waals surface area contributed by atoms with Crippen LogP contribution >= 0.6 is 0 Å². The van der Waals surface area contributed by atoms with Crippen LogP contribution in [0.5, 0.6) is 0 Å². The summed E-state index contributed by atoms with van der Waals surface area (Å²) in [4.78, 5) is 27.1. The minimum absolute atomic E-state index is 0.101. The quantitative estimate of drug-likeness (QED) is 0.572. The number of rotatable bonds is 9. The smallest absolute Gasteiger partial charge is 0.251 e. The lowest BCUT2D eigenvalue weighted by Crippen LogP contribution is -2.32. The minimum Gasteiger partial charge on any atom is -0.355 e. The molecule has 2 aromatic carbocycles. The Morgan fingerprint density at radius 1 is 0.914 bits per heavy atom. The molecule has 188 valence electrons. The molecule has 1 saturated heterocycles. The first-order chi connectivity index (χ1) is 16.9. The van der Waals surface area contributed by atoms with E-state index in [9.17, 15) is 18.0 Å². The third-order valence-corrected chi connectivity index (χ3v) is 8.77. The second-order valence-corrected chi connectivity index (χ2v) is 11.4. The van der Waals surface area contributed by atoms with E-state index in [-0.39, 0.29) is 17.9 Å². The van der Waals surface area contributed by atoms with Crippen LogP contribution in [0.4, 0.5) is 0 Å². The lowest BCUT2D eigenvalue weighted by molar-refractivity contribution is -0.132. The predicted octanol–water partition coefficient (Wildman–Crippen LogP) is 3.73. The molecular formula is C27H35N3O4S. The monoisotopic (exact) mass is 497 g/mol. The molecule has 1 heterocycles. The van der Waals surface area contributed by atoms with Crippen molar-refractivity contribution in [1.82, 2.24) is 14.5 Å². The van der Waals surface area contributed by atoms with Crippen LogP contribution in [0.1, 0.15) is 66.4 Å². The Morgan fingerprint density at radius 3 is 2.09 bits per heavy atom. The lowest BCUT2D eigenvalue weighted by atomic mass is 10.1. The van der Waals surface area contributed by atoms with Crippen LogP contribution in [0, 0.1) is 0 Å². The summed E-state index contributed by atoms with van der Waals surface area (Å²) in [6.07, 6.45) is 6.98. The Labute approximate surface area is 208 Å². The molecule has 2 fully saturated rings. The number of amides is 2. The second-order valence-electron chi connectivity index (χ2n) is 9.49. The molecule has 35 heavy (non-hydrogen) atoms. The predicted molar refractivity (Wildman–Crippen MR) is 135 cm³/mol. The van der Waals surface area contributed by atoms with Gasteiger partial charge in [-0.05, 0) is 67.5 Å². The van der Waals surface area contributed by atoms with E-state index in [2.05, 4.69) is 5.32 Å². The van der Waals surface area contributed by atoms with Crippen molar-refractivity contribution in [1.29, 1.82) is 0 Å². The van der Waals surface area contributed by atoms with E-state index in [0.717, 1.165) is 49.7 Å². The third-order valence-electron chi connectivity index (χ3n) is 6.86. The molecule has 7 nitrogen and oxygen atoms in total. The summed E-state index contributed by atoms with van der Waals surface area (Å²) in [6, 6.07) is 14.7. The highest BCUT2D eigenvalue weighted by Gasteiger charge is 2.32. The number of benzene rings is 2. The van der Waals surface area contributed by atoms with Gasteiger partial charge in [0.2, 0.25) is 15.9 Å². The van der Waals surface area contributed by atoms with Crippen LogP contribution in [-0.2, 0) is 27.8 Å². The number of carbonyl (C=O) groups is 2. The molecule has 0 spiro atoms. The summed E-state index contributed by atoms with van der Waals surface area (Å²) in [6.45, 7) is 1.71. The van der Waals surface area contributed by atoms with Crippen molar-refractivity contribution in [3.8, 4) is 0 Å². The number of nitrogens with zero attached hydrogens (tertiary/aromatic N) is 2. The molecule has 0 atom stereocenters. The molecule has 1 N–H and O–H groups in total. The van der Waals surface area contributed by atoms with Crippen molar-refractivity contribution >= 4 is 21.8 Å². The Kier molecular flexibility index (Phi) is 8.23. The fraction of sp³-hybridized carbons (Fsp3) is 0.481. The summed E-state index contributed by atoms with van der Waals surface area (Å²) in [5.74, 6) is -0.0268. The van der Waals surface area contributed by atoms with Gasteiger partial charge in [-0.3, -0.25) is 9.59 Å². The topological polar surface area (TPSA) is 86.8 Å². The van der Waals surface area contributed by atoms with E-state index in [1.165, 1.54) is 0 Å². The van der Waals surface area contributed by atoms with Crippen LogP contribution in [0.15, 0.2) is 53.4 Å². The van der Waals surface area contributed by atoms with Gasteiger partial charge in [0, 0.05) is 44.7 Å². The molecule has 2 aliphatic rings. The maximum atomic E-state index is 13.0. The van der Waals surface area contributed by atoms with Gasteiger partial charge >= 0.3 is 0 Å². The van der Waals surface area contributed by atoms with E-state index >= 15 is 0 Å². The van der Waals surface area contributed by atoms with Gasteiger partial charge in [0.25, 0.3) is 5.91 Å². The first-order valence-electron chi connectivity index (χ1n) is 12.6. The normalized spacial score (nSPS) is 16.9. The fourth-order valence-corrected chi connectivity index (χ4v) is 6.08. The Bertz CT molecular complexity index is 1120. The number of nitrogens with one attached hydrogen (secondary N) is 1. The fourth-order valence-electron chi connectivity index (χ4n) is 4.56. The third kappa shape index (κ3) is 6.49. The maximum absolute atomic E-state index is 13.0. The van der Waals surface area contributed by atoms with E-state index in [1.807, 2.05) is 29.2 Å². The summed E-state index contributed by atoms with van der Waals surface area (Å²) >= 11 is 0. The molecule has 1 aliphatic heterocycles. The van der Waals surface area contributed by atoms with Crippen molar-refractivity contribution in [3.63, 3.8) is 0 Å². The molecule has 1 aliphatic carbocycles. The molecule has 0 aromatic heterocycles. The molecule has 4 rings (SSSR count). The summed E-state index contributed by atoms with van der Waals surface area (Å²) in [5.41, 5.74) is 2.56. The molecular weight excluding hydrogens is 462 g/mol. The van der Waals surface area contributed by atoms with Crippen LogP contribution < -0.4 is 5.32 Å². The molecule has 8 heteroatoms. The van der Waals surface area contributed by atoms with Gasteiger partial charge < -0.3 is 10.2 Å². The van der Waals surface area contributed by atoms with E-state index < -0.39 is 10.0 Å². The van der Waals surface area contributed by atoms with Crippen LogP contribution in [0.25, 0.3) is 0 Å². The van der Waals surface area contributed by atoms with Crippen molar-refractivity contribution in [3.05, 3.63) is 65.2 Å². The van der Waals surface area contributed by atoms with Gasteiger partial charge in [-0.2, -0.15) is 4.31 Å². The van der Waals surface area contributed by atoms with Crippen molar-refractivity contribution in [2.24, 2.45) is 0 Å². The lowest BCUT2D eigenvalue weighted by Gasteiger charge is -2.23. The van der Waals surface area contributed by atoms with Crippen molar-refractivity contribution in [2.45, 2.75) is 68.8 Å². The molecule has 2 amide bonds. The van der Waals surface area contributed by atoms with E-state index in [4.69, 9.17) is 0 Å². The highest BCUT2D eigenvalue weighted by molar-refractivity contribution is 7.89. The summed E-state index contributed by atoms with van der Waals surface area (Å²) in [7, 11) is -1.86. The largest absolute Gasteiger partial charge is 0.355 e. The average Bonchev–Trinajstić information content (AvgIpc) is 3.73. The van der Waals surface area contributed by atoms with Crippen LogP contribution in [0.3, 0.4) is 0 Å². The highest BCUT2D eigenvalue weighted by Crippen LogP contribution is 2.29. The number of aryl methyl sites for hydroxylation is 1. The maximum Gasteiger partial charge on any atom is 0.251 e. The van der Waals surface area contributed by atoms with Crippen molar-refractivity contribution < 1.29 is 18.0 Å². The van der Waals surface area contributed by atoms with E-state index in [1.54, 1.807) is 35.6 Å². The van der Waals surface area contributed by atoms with Gasteiger partial charge in [-0.1, -0.05) is 37.1 Å². The summed E-state index contributed by atoms with van der Waals surface area (Å²) in [5, 5.41) is 2.61. The minimum atomic E-state index is -3.46. The average molecular weight is 498 g/mol. The second kappa shape index (κ2) is 11.4. The van der Waals surface area contributed by atoms with Crippen LogP contribution in [0.2, 0.25) is 0 Å². The van der Waals surface area contributed by atoms with Gasteiger partial charge in [0.15, 0.2) is 0 Å². The number of carbonyl (C=O) groups excluding carboxylic acids is 2. The number of hydrogen-bond acceptors (Lipinski definition) is 4. The van der Waals surface area contributed by atoms with Gasteiger partial charge in [0.1, 0.15) is 0 Å². The van der Waals surface area contributed by atoms with Gasteiger partial charge in [-0.25, -0.2) is 8.42 Å². The standard InChI is InChI=1S/C27H35N3O4S/c1-28-27(32)23-11-6-22(7-12-23)20-30(24-13-14-24)26(31)17-10-21-8-15-25(16-9-21)35(33,34)29-18-4-2-3-5-19-29/h6-9,11-12,15-16,24H,2-5,10,13-14,17-20H2,1H3,(H,28,32). The van der Waals surface area contributed by atoms with Crippen LogP contribution in [-0.4, -0.2) is 55.6 Å². The Morgan fingerprint density at radius 2 is 1.51 bits per heavy atom. The number of hydrogen-bond donors (Lipinski definition) is 1. The number of sulfonamides is 1. The first-order valence-corrected chi connectivity index (χ1v) is 14.0. The van der Waals surface area contributed by atoms with Crippen molar-refractivity contribution in [2.75, 3.05) is 20.1 Å². The molecule has 1 saturated carbocycles. The zero-order valence-electron chi connectivity index (χ0n) is 20.4. The zero-order chi connectivity index (χ0) is 24.8. The van der Waals surface area contributed by atoms with Gasteiger partial charge in [-0.15, -0.1) is 0 Å². The molecule has 0 radical (unpaired) electrons. The molecule has 0 bridgehead atoms. The van der Waals surface area contributed by atoms with E-state index in [0.29, 0.717) is 42.9 Å². The first kappa shape index (κ1) is 25.4. The van der Waals surface area contributed by atoms with Gasteiger partial charge in [0.05, 0.1) is 4.90 Å².